The largest absolute Gasteiger partial charge is 0.379 e. The zero-order chi connectivity index (χ0) is 17.3. The summed E-state index contributed by atoms with van der Waals surface area (Å²) in [5.41, 5.74) is 5.50. The average molecular weight is 362 g/mol. The van der Waals surface area contributed by atoms with Crippen LogP contribution in [0, 0.1) is 0 Å². The molecule has 0 amide bonds. The number of nitrogens with zero attached hydrogens (tertiary/aromatic N) is 2. The molecule has 0 atom stereocenters. The highest BCUT2D eigenvalue weighted by atomic mass is 32.2. The lowest BCUT2D eigenvalue weighted by molar-refractivity contribution is 0.0366. The highest BCUT2D eigenvalue weighted by Gasteiger charge is 2.31. The van der Waals surface area contributed by atoms with Crippen molar-refractivity contribution in [2.24, 2.45) is 5.73 Å². The van der Waals surface area contributed by atoms with Gasteiger partial charge in [-0.15, -0.1) is 0 Å². The molecule has 0 unspecified atom stereocenters. The molecule has 2 fully saturated rings. The summed E-state index contributed by atoms with van der Waals surface area (Å²) in [6.07, 6.45) is 7.84. The summed E-state index contributed by atoms with van der Waals surface area (Å²) in [4.78, 5) is 2.38. The second kappa shape index (κ2) is 10.7. The molecule has 1 aliphatic heterocycles. The van der Waals surface area contributed by atoms with Gasteiger partial charge in [0.25, 0.3) is 0 Å². The maximum atomic E-state index is 12.8. The van der Waals surface area contributed by atoms with E-state index in [2.05, 4.69) is 4.90 Å². The van der Waals surface area contributed by atoms with Gasteiger partial charge in [-0.25, -0.2) is 8.42 Å². The minimum Gasteiger partial charge on any atom is -0.379 e. The number of hydrogen-bond donors (Lipinski definition) is 1. The Balaban J connectivity index is 1.83. The molecule has 24 heavy (non-hydrogen) atoms. The van der Waals surface area contributed by atoms with Crippen molar-refractivity contribution in [1.29, 1.82) is 0 Å². The van der Waals surface area contributed by atoms with Crippen LogP contribution in [0.25, 0.3) is 0 Å². The van der Waals surface area contributed by atoms with Crippen molar-refractivity contribution in [3.05, 3.63) is 0 Å². The first-order chi connectivity index (χ1) is 11.6. The first kappa shape index (κ1) is 20.1. The van der Waals surface area contributed by atoms with Crippen LogP contribution < -0.4 is 5.73 Å². The fourth-order valence-corrected chi connectivity index (χ4v) is 5.61. The van der Waals surface area contributed by atoms with Crippen molar-refractivity contribution >= 4 is 10.0 Å². The fourth-order valence-electron chi connectivity index (χ4n) is 3.74. The topological polar surface area (TPSA) is 75.9 Å². The average Bonchev–Trinajstić information content (AvgIpc) is 3.10. The van der Waals surface area contributed by atoms with E-state index in [1.807, 2.05) is 4.31 Å². The van der Waals surface area contributed by atoms with E-state index in [0.29, 0.717) is 13.1 Å². The Bertz CT molecular complexity index is 432. The molecule has 1 saturated heterocycles. The number of nitrogens with two attached hydrogens (primary N) is 1. The predicted octanol–water partition coefficient (Wildman–Crippen LogP) is 1.41. The van der Waals surface area contributed by atoms with Crippen LogP contribution in [0.15, 0.2) is 0 Å². The second-order valence-corrected chi connectivity index (χ2v) is 9.06. The first-order valence-corrected chi connectivity index (χ1v) is 11.2. The predicted molar refractivity (Wildman–Crippen MR) is 97.5 cm³/mol. The molecule has 1 saturated carbocycles. The Morgan fingerprint density at radius 1 is 1.04 bits per heavy atom. The maximum absolute atomic E-state index is 12.8. The molecular weight excluding hydrogens is 326 g/mol. The van der Waals surface area contributed by atoms with Crippen molar-refractivity contribution in [2.75, 3.05) is 51.7 Å². The summed E-state index contributed by atoms with van der Waals surface area (Å²) in [5, 5.41) is 0. The monoisotopic (exact) mass is 361 g/mol. The van der Waals surface area contributed by atoms with Crippen LogP contribution >= 0.6 is 0 Å². The molecule has 2 aliphatic rings. The number of unbranched alkanes of at least 4 members (excludes halogenated alkanes) is 2. The Labute approximate surface area is 147 Å². The molecule has 2 rings (SSSR count). The highest BCUT2D eigenvalue weighted by Crippen LogP contribution is 2.26. The Hall–Kier alpha value is -0.210. The van der Waals surface area contributed by atoms with E-state index in [0.717, 1.165) is 84.2 Å². The molecular formula is C17H35N3O3S. The van der Waals surface area contributed by atoms with Crippen molar-refractivity contribution in [1.82, 2.24) is 9.21 Å². The lowest BCUT2D eigenvalue weighted by Gasteiger charge is -2.30. The van der Waals surface area contributed by atoms with Gasteiger partial charge in [0, 0.05) is 25.7 Å². The third kappa shape index (κ3) is 6.59. The van der Waals surface area contributed by atoms with E-state index in [1.165, 1.54) is 0 Å². The summed E-state index contributed by atoms with van der Waals surface area (Å²) < 4.78 is 32.9. The molecule has 2 N–H and O–H groups in total. The quantitative estimate of drug-likeness (QED) is 0.563. The molecule has 7 heteroatoms. The molecule has 0 aromatic rings. The lowest BCUT2D eigenvalue weighted by Crippen LogP contribution is -2.43. The Morgan fingerprint density at radius 3 is 2.42 bits per heavy atom. The summed E-state index contributed by atoms with van der Waals surface area (Å²) in [5.74, 6) is 0.279. The van der Waals surface area contributed by atoms with Crippen molar-refractivity contribution in [3.8, 4) is 0 Å². The van der Waals surface area contributed by atoms with E-state index in [1.54, 1.807) is 0 Å². The van der Waals surface area contributed by atoms with Gasteiger partial charge < -0.3 is 10.5 Å². The summed E-state index contributed by atoms with van der Waals surface area (Å²) in [6, 6.07) is 0.231. The van der Waals surface area contributed by atoms with E-state index in [-0.39, 0.29) is 11.8 Å². The third-order valence-corrected chi connectivity index (χ3v) is 7.15. The second-order valence-electron chi connectivity index (χ2n) is 7.02. The van der Waals surface area contributed by atoms with Crippen LogP contribution in [-0.2, 0) is 14.8 Å². The van der Waals surface area contributed by atoms with Crippen LogP contribution in [0.2, 0.25) is 0 Å². The normalized spacial score (nSPS) is 20.9. The van der Waals surface area contributed by atoms with Gasteiger partial charge in [0.15, 0.2) is 0 Å². The van der Waals surface area contributed by atoms with Gasteiger partial charge >= 0.3 is 0 Å². The molecule has 0 bridgehead atoms. The molecule has 142 valence electrons. The Kier molecular flexibility index (Phi) is 8.97. The number of ether oxygens (including phenoxy) is 1. The standard InChI is InChI=1S/C17H35N3O3S/c18-9-4-1-5-16-24(21,22)20(17-7-2-3-8-17)11-6-10-19-12-14-23-15-13-19/h17H,1-16,18H2. The third-order valence-electron chi connectivity index (χ3n) is 5.15. The minimum atomic E-state index is -3.14. The van der Waals surface area contributed by atoms with Crippen LogP contribution in [-0.4, -0.2) is 75.4 Å². The van der Waals surface area contributed by atoms with Crippen LogP contribution in [0.1, 0.15) is 51.4 Å². The molecule has 1 heterocycles. The first-order valence-electron chi connectivity index (χ1n) is 9.63. The SMILES string of the molecule is NCCCCCS(=O)(=O)N(CCCN1CCOCC1)C1CCCC1. The van der Waals surface area contributed by atoms with Crippen LogP contribution in [0.3, 0.4) is 0 Å². The lowest BCUT2D eigenvalue weighted by atomic mass is 10.2. The summed E-state index contributed by atoms with van der Waals surface area (Å²) >= 11 is 0. The number of morpholine rings is 1. The van der Waals surface area contributed by atoms with E-state index < -0.39 is 10.0 Å². The minimum absolute atomic E-state index is 0.231. The molecule has 0 aromatic carbocycles. The fraction of sp³-hybridized carbons (Fsp3) is 1.00. The number of sulfonamides is 1. The van der Waals surface area contributed by atoms with E-state index in [4.69, 9.17) is 10.5 Å². The summed E-state index contributed by atoms with van der Waals surface area (Å²) in [6.45, 7) is 5.81. The van der Waals surface area contributed by atoms with Crippen molar-refractivity contribution in [3.63, 3.8) is 0 Å². The van der Waals surface area contributed by atoms with E-state index >= 15 is 0 Å². The zero-order valence-corrected chi connectivity index (χ0v) is 15.8. The van der Waals surface area contributed by atoms with Crippen LogP contribution in [0.4, 0.5) is 0 Å². The van der Waals surface area contributed by atoms with Crippen LogP contribution in [0.5, 0.6) is 0 Å². The Morgan fingerprint density at radius 2 is 1.75 bits per heavy atom. The number of rotatable bonds is 11. The van der Waals surface area contributed by atoms with Crippen molar-refractivity contribution < 1.29 is 13.2 Å². The molecule has 0 spiro atoms. The van der Waals surface area contributed by atoms with Gasteiger partial charge in [-0.3, -0.25) is 4.90 Å². The zero-order valence-electron chi connectivity index (χ0n) is 15.0. The van der Waals surface area contributed by atoms with Gasteiger partial charge in [-0.05, 0) is 45.2 Å². The van der Waals surface area contributed by atoms with Gasteiger partial charge in [0.05, 0.1) is 19.0 Å². The molecule has 0 radical (unpaired) electrons. The number of hydrogen-bond acceptors (Lipinski definition) is 5. The van der Waals surface area contributed by atoms with Gasteiger partial charge in [0.1, 0.15) is 0 Å². The maximum Gasteiger partial charge on any atom is 0.214 e. The van der Waals surface area contributed by atoms with Gasteiger partial charge in [0.2, 0.25) is 10.0 Å². The molecule has 0 aromatic heterocycles. The van der Waals surface area contributed by atoms with Gasteiger partial charge in [-0.2, -0.15) is 4.31 Å². The molecule has 6 nitrogen and oxygen atoms in total. The summed E-state index contributed by atoms with van der Waals surface area (Å²) in [7, 11) is -3.14. The van der Waals surface area contributed by atoms with Crippen molar-refractivity contribution in [2.45, 2.75) is 57.4 Å². The smallest absolute Gasteiger partial charge is 0.214 e. The highest BCUT2D eigenvalue weighted by molar-refractivity contribution is 7.89. The molecule has 1 aliphatic carbocycles. The van der Waals surface area contributed by atoms with E-state index in [9.17, 15) is 8.42 Å². The van der Waals surface area contributed by atoms with Gasteiger partial charge in [-0.1, -0.05) is 19.3 Å².